The van der Waals surface area contributed by atoms with Gasteiger partial charge in [0.25, 0.3) is 16.1 Å². The predicted octanol–water partition coefficient (Wildman–Crippen LogP) is 1.05. The molecule has 26 heavy (non-hydrogen) atoms. The van der Waals surface area contributed by atoms with Gasteiger partial charge in [-0.2, -0.15) is 17.0 Å². The summed E-state index contributed by atoms with van der Waals surface area (Å²) >= 11 is 0. The van der Waals surface area contributed by atoms with Gasteiger partial charge in [-0.1, -0.05) is 13.8 Å². The summed E-state index contributed by atoms with van der Waals surface area (Å²) in [4.78, 5) is 14.5. The summed E-state index contributed by atoms with van der Waals surface area (Å²) in [5.41, 5.74) is 0.568. The second-order valence-electron chi connectivity index (χ2n) is 6.98. The number of nitrogens with zero attached hydrogens (tertiary/aromatic N) is 3. The van der Waals surface area contributed by atoms with Crippen molar-refractivity contribution in [3.05, 3.63) is 23.2 Å². The minimum absolute atomic E-state index is 0.0958. The van der Waals surface area contributed by atoms with Gasteiger partial charge in [0, 0.05) is 45.2 Å². The topological polar surface area (TPSA) is 83.3 Å². The van der Waals surface area contributed by atoms with Crippen molar-refractivity contribution in [1.82, 2.24) is 13.5 Å². The van der Waals surface area contributed by atoms with E-state index in [1.807, 2.05) is 13.8 Å². The molecule has 2 saturated heterocycles. The van der Waals surface area contributed by atoms with Crippen molar-refractivity contribution in [2.24, 2.45) is 0 Å². The van der Waals surface area contributed by atoms with Crippen molar-refractivity contribution in [3.8, 4) is 0 Å². The zero-order valence-electron chi connectivity index (χ0n) is 15.6. The third kappa shape index (κ3) is 3.80. The third-order valence-corrected chi connectivity index (χ3v) is 6.92. The molecule has 1 aromatic rings. The molecule has 0 radical (unpaired) electrons. The van der Waals surface area contributed by atoms with E-state index in [4.69, 9.17) is 9.15 Å². The van der Waals surface area contributed by atoms with Gasteiger partial charge in [0.2, 0.25) is 0 Å². The fourth-order valence-electron chi connectivity index (χ4n) is 3.23. The molecule has 1 aromatic heterocycles. The average molecular weight is 385 g/mol. The summed E-state index contributed by atoms with van der Waals surface area (Å²) in [6.45, 7) is 8.81. The SMILES string of the molecule is Cc1oc(C(C)C)cc1C(=O)N1CCN(S(=O)(=O)N2CCOCC2)CC1. The van der Waals surface area contributed by atoms with Crippen LogP contribution in [0.15, 0.2) is 10.5 Å². The number of ether oxygens (including phenoxy) is 1. The molecule has 2 fully saturated rings. The Bertz CT molecular complexity index is 744. The number of amides is 1. The first-order valence-corrected chi connectivity index (χ1v) is 10.4. The Morgan fingerprint density at radius 2 is 1.62 bits per heavy atom. The molecule has 0 N–H and O–H groups in total. The average Bonchev–Trinajstić information content (AvgIpc) is 3.04. The van der Waals surface area contributed by atoms with Crippen molar-refractivity contribution < 1.29 is 22.4 Å². The van der Waals surface area contributed by atoms with Crippen LogP contribution in [0, 0.1) is 6.92 Å². The van der Waals surface area contributed by atoms with Crippen molar-refractivity contribution in [2.75, 3.05) is 52.5 Å². The maximum Gasteiger partial charge on any atom is 0.282 e. The highest BCUT2D eigenvalue weighted by atomic mass is 32.2. The Morgan fingerprint density at radius 3 is 2.15 bits per heavy atom. The van der Waals surface area contributed by atoms with Gasteiger partial charge in [0.15, 0.2) is 0 Å². The van der Waals surface area contributed by atoms with Crippen LogP contribution in [0.4, 0.5) is 0 Å². The van der Waals surface area contributed by atoms with Crippen LogP contribution in [-0.4, -0.2) is 80.3 Å². The summed E-state index contributed by atoms with van der Waals surface area (Å²) in [6, 6.07) is 1.80. The lowest BCUT2D eigenvalue weighted by atomic mass is 10.1. The van der Waals surface area contributed by atoms with Gasteiger partial charge in [-0.3, -0.25) is 4.79 Å². The van der Waals surface area contributed by atoms with Crippen LogP contribution in [0.25, 0.3) is 0 Å². The maximum absolute atomic E-state index is 12.8. The van der Waals surface area contributed by atoms with E-state index in [1.165, 1.54) is 8.61 Å². The van der Waals surface area contributed by atoms with Crippen LogP contribution in [0.3, 0.4) is 0 Å². The summed E-state index contributed by atoms with van der Waals surface area (Å²) in [5, 5.41) is 0. The lowest BCUT2D eigenvalue weighted by Gasteiger charge is -2.37. The van der Waals surface area contributed by atoms with Gasteiger partial charge in [-0.25, -0.2) is 0 Å². The van der Waals surface area contributed by atoms with Gasteiger partial charge in [-0.15, -0.1) is 0 Å². The number of hydrogen-bond donors (Lipinski definition) is 0. The zero-order chi connectivity index (χ0) is 18.9. The van der Waals surface area contributed by atoms with Crippen molar-refractivity contribution >= 4 is 16.1 Å². The second-order valence-corrected chi connectivity index (χ2v) is 8.91. The minimum Gasteiger partial charge on any atom is -0.465 e. The molecule has 8 nitrogen and oxygen atoms in total. The Hall–Kier alpha value is -1.42. The highest BCUT2D eigenvalue weighted by Crippen LogP contribution is 2.24. The number of aryl methyl sites for hydroxylation is 1. The smallest absolute Gasteiger partial charge is 0.282 e. The van der Waals surface area contributed by atoms with Crippen LogP contribution >= 0.6 is 0 Å². The lowest BCUT2D eigenvalue weighted by Crippen LogP contribution is -2.55. The zero-order valence-corrected chi connectivity index (χ0v) is 16.4. The molecule has 3 rings (SSSR count). The molecule has 0 saturated carbocycles. The van der Waals surface area contributed by atoms with E-state index in [0.29, 0.717) is 63.8 Å². The number of hydrogen-bond acceptors (Lipinski definition) is 5. The minimum atomic E-state index is -3.48. The molecule has 0 bridgehead atoms. The van der Waals surface area contributed by atoms with Gasteiger partial charge >= 0.3 is 0 Å². The number of morpholine rings is 1. The largest absolute Gasteiger partial charge is 0.465 e. The predicted molar refractivity (Wildman–Crippen MR) is 96.3 cm³/mol. The highest BCUT2D eigenvalue weighted by molar-refractivity contribution is 7.86. The molecule has 2 aliphatic heterocycles. The van der Waals surface area contributed by atoms with Gasteiger partial charge in [0.05, 0.1) is 18.8 Å². The number of carbonyl (C=O) groups is 1. The van der Waals surface area contributed by atoms with Gasteiger partial charge in [-0.05, 0) is 13.0 Å². The molecule has 146 valence electrons. The van der Waals surface area contributed by atoms with E-state index in [9.17, 15) is 13.2 Å². The van der Waals surface area contributed by atoms with E-state index in [2.05, 4.69) is 0 Å². The second kappa shape index (κ2) is 7.67. The molecule has 0 atom stereocenters. The number of furan rings is 1. The van der Waals surface area contributed by atoms with Crippen LogP contribution < -0.4 is 0 Å². The molecule has 1 amide bonds. The Balaban J connectivity index is 1.64. The first-order valence-electron chi connectivity index (χ1n) is 9.03. The maximum atomic E-state index is 12.8. The summed E-state index contributed by atoms with van der Waals surface area (Å²) < 4.78 is 39.2. The fourth-order valence-corrected chi connectivity index (χ4v) is 4.80. The quantitative estimate of drug-likeness (QED) is 0.774. The van der Waals surface area contributed by atoms with Crippen LogP contribution in [0.2, 0.25) is 0 Å². The molecule has 0 unspecified atom stereocenters. The fraction of sp³-hybridized carbons (Fsp3) is 0.706. The van der Waals surface area contributed by atoms with Crippen LogP contribution in [0.5, 0.6) is 0 Å². The number of rotatable bonds is 4. The molecule has 3 heterocycles. The number of carbonyl (C=O) groups excluding carboxylic acids is 1. The summed E-state index contributed by atoms with van der Waals surface area (Å²) in [6.07, 6.45) is 0. The van der Waals surface area contributed by atoms with Crippen molar-refractivity contribution in [1.29, 1.82) is 0 Å². The number of piperazine rings is 1. The normalized spacial score (nSPS) is 20.7. The van der Waals surface area contributed by atoms with E-state index in [0.717, 1.165) is 5.76 Å². The molecule has 2 aliphatic rings. The molecule has 9 heteroatoms. The monoisotopic (exact) mass is 385 g/mol. The molecular formula is C17H27N3O5S. The van der Waals surface area contributed by atoms with E-state index in [-0.39, 0.29) is 11.8 Å². The lowest BCUT2D eigenvalue weighted by molar-refractivity contribution is 0.0635. The Morgan fingerprint density at radius 1 is 1.04 bits per heavy atom. The first-order chi connectivity index (χ1) is 12.3. The summed E-state index contributed by atoms with van der Waals surface area (Å²) in [7, 11) is -3.48. The van der Waals surface area contributed by atoms with Crippen LogP contribution in [-0.2, 0) is 14.9 Å². The summed E-state index contributed by atoms with van der Waals surface area (Å²) in [5.74, 6) is 1.52. The molecule has 0 aliphatic carbocycles. The molecule has 0 spiro atoms. The first kappa shape index (κ1) is 19.3. The third-order valence-electron chi connectivity index (χ3n) is 4.88. The Labute approximate surface area is 154 Å². The molecular weight excluding hydrogens is 358 g/mol. The van der Waals surface area contributed by atoms with E-state index < -0.39 is 10.2 Å². The van der Waals surface area contributed by atoms with E-state index >= 15 is 0 Å². The van der Waals surface area contributed by atoms with Crippen molar-refractivity contribution in [3.63, 3.8) is 0 Å². The standard InChI is InChI=1S/C17H27N3O5S/c1-13(2)16-12-15(14(3)25-16)17(21)18-4-6-19(7-5-18)26(22,23)20-8-10-24-11-9-20/h12-13H,4-11H2,1-3H3. The molecule has 0 aromatic carbocycles. The van der Waals surface area contributed by atoms with Gasteiger partial charge < -0.3 is 14.1 Å². The van der Waals surface area contributed by atoms with Crippen LogP contribution in [0.1, 0.15) is 41.6 Å². The highest BCUT2D eigenvalue weighted by Gasteiger charge is 2.34. The van der Waals surface area contributed by atoms with Gasteiger partial charge in [0.1, 0.15) is 11.5 Å². The van der Waals surface area contributed by atoms with Crippen molar-refractivity contribution in [2.45, 2.75) is 26.7 Å². The Kier molecular flexibility index (Phi) is 5.71. The van der Waals surface area contributed by atoms with E-state index in [1.54, 1.807) is 17.9 Å².